The zero-order valence-electron chi connectivity index (χ0n) is 15.6. The first-order valence-electron chi connectivity index (χ1n) is 8.71. The molecule has 7 heteroatoms. The van der Waals surface area contributed by atoms with Gasteiger partial charge in [-0.15, -0.1) is 10.2 Å². The largest absolute Gasteiger partial charge is 0.325 e. The molecule has 142 valence electrons. The lowest BCUT2D eigenvalue weighted by Gasteiger charge is -2.08. The van der Waals surface area contributed by atoms with E-state index in [1.807, 2.05) is 62.4 Å². The fraction of sp³-hybridized carbons (Fsp3) is 0.143. The van der Waals surface area contributed by atoms with Gasteiger partial charge >= 0.3 is 0 Å². The molecule has 0 bridgehead atoms. The molecule has 0 aliphatic carbocycles. The highest BCUT2D eigenvalue weighted by Crippen LogP contribution is 2.17. The maximum atomic E-state index is 12.2. The lowest BCUT2D eigenvalue weighted by molar-refractivity contribution is -0.113. The Hall–Kier alpha value is -3.19. The van der Waals surface area contributed by atoms with E-state index in [1.165, 1.54) is 0 Å². The van der Waals surface area contributed by atoms with Crippen molar-refractivity contribution in [3.8, 4) is 0 Å². The predicted molar refractivity (Wildman–Crippen MR) is 113 cm³/mol. The summed E-state index contributed by atoms with van der Waals surface area (Å²) in [7, 11) is 0. The Labute approximate surface area is 167 Å². The van der Waals surface area contributed by atoms with Crippen molar-refractivity contribution in [3.05, 3.63) is 81.3 Å². The molecular weight excluding hydrogens is 372 g/mol. The molecule has 0 atom stereocenters. The minimum Gasteiger partial charge on any atom is -0.325 e. The summed E-state index contributed by atoms with van der Waals surface area (Å²) in [5, 5.41) is 11.1. The van der Waals surface area contributed by atoms with E-state index in [0.717, 1.165) is 34.1 Å². The van der Waals surface area contributed by atoms with Crippen LogP contribution in [0, 0.1) is 13.8 Å². The number of H-pyrrole nitrogens is 1. The third kappa shape index (κ3) is 5.40. The topological polar surface area (TPSA) is 87.7 Å². The second-order valence-corrected chi connectivity index (χ2v) is 7.21. The monoisotopic (exact) mass is 392 g/mol. The summed E-state index contributed by atoms with van der Waals surface area (Å²) in [6, 6.07) is 15.4. The van der Waals surface area contributed by atoms with E-state index in [-0.39, 0.29) is 22.9 Å². The van der Waals surface area contributed by atoms with E-state index in [1.54, 1.807) is 12.2 Å². The van der Waals surface area contributed by atoms with Gasteiger partial charge in [0.25, 0.3) is 5.56 Å². The molecule has 0 aliphatic heterocycles. The van der Waals surface area contributed by atoms with E-state index in [4.69, 9.17) is 0 Å². The minimum absolute atomic E-state index is 0.122. The number of aromatic amines is 1. The van der Waals surface area contributed by atoms with Crippen molar-refractivity contribution in [2.75, 3.05) is 11.1 Å². The zero-order chi connectivity index (χ0) is 19.9. The van der Waals surface area contributed by atoms with Crippen molar-refractivity contribution >= 4 is 35.5 Å². The van der Waals surface area contributed by atoms with Crippen LogP contribution >= 0.6 is 11.8 Å². The van der Waals surface area contributed by atoms with Crippen molar-refractivity contribution in [1.29, 1.82) is 0 Å². The van der Waals surface area contributed by atoms with E-state index >= 15 is 0 Å². The number of hydrogen-bond acceptors (Lipinski definition) is 5. The second kappa shape index (κ2) is 9.14. The Morgan fingerprint density at radius 1 is 1.11 bits per heavy atom. The molecule has 0 spiro atoms. The van der Waals surface area contributed by atoms with Crippen LogP contribution in [0.4, 0.5) is 5.69 Å². The highest BCUT2D eigenvalue weighted by atomic mass is 32.2. The van der Waals surface area contributed by atoms with Gasteiger partial charge in [-0.3, -0.25) is 14.6 Å². The van der Waals surface area contributed by atoms with Gasteiger partial charge in [0.05, 0.1) is 5.75 Å². The van der Waals surface area contributed by atoms with Crippen molar-refractivity contribution in [2.24, 2.45) is 0 Å². The molecule has 28 heavy (non-hydrogen) atoms. The average molecular weight is 392 g/mol. The number of aromatic nitrogens is 3. The molecule has 0 saturated heterocycles. The number of carbonyl (C=O) groups is 1. The van der Waals surface area contributed by atoms with Crippen molar-refractivity contribution in [2.45, 2.75) is 19.0 Å². The lowest BCUT2D eigenvalue weighted by Crippen LogP contribution is -2.17. The summed E-state index contributed by atoms with van der Waals surface area (Å²) in [6.45, 7) is 3.95. The van der Waals surface area contributed by atoms with Crippen LogP contribution in [0.5, 0.6) is 0 Å². The lowest BCUT2D eigenvalue weighted by atomic mass is 10.1. The number of rotatable bonds is 6. The van der Waals surface area contributed by atoms with Crippen LogP contribution in [0.3, 0.4) is 0 Å². The van der Waals surface area contributed by atoms with Crippen LogP contribution in [0.1, 0.15) is 22.4 Å². The summed E-state index contributed by atoms with van der Waals surface area (Å²) in [6.07, 6.45) is 3.41. The number of nitrogens with one attached hydrogen (secondary N) is 2. The number of thioether (sulfide) groups is 1. The summed E-state index contributed by atoms with van der Waals surface area (Å²) >= 11 is 1.13. The minimum atomic E-state index is -0.348. The molecule has 0 saturated carbocycles. The first-order valence-corrected chi connectivity index (χ1v) is 9.70. The molecule has 2 N–H and O–H groups in total. The first-order chi connectivity index (χ1) is 13.5. The van der Waals surface area contributed by atoms with Crippen LogP contribution in [-0.4, -0.2) is 26.8 Å². The highest BCUT2D eigenvalue weighted by molar-refractivity contribution is 7.99. The first kappa shape index (κ1) is 19.6. The van der Waals surface area contributed by atoms with E-state index in [0.29, 0.717) is 5.16 Å². The zero-order valence-corrected chi connectivity index (χ0v) is 16.4. The smallest absolute Gasteiger partial charge is 0.277 e. The number of nitrogens with zero attached hydrogens (tertiary/aromatic N) is 2. The van der Waals surface area contributed by atoms with Gasteiger partial charge in [0.15, 0.2) is 10.9 Å². The number of benzene rings is 2. The Bertz CT molecular complexity index is 1060. The quantitative estimate of drug-likeness (QED) is 0.625. The highest BCUT2D eigenvalue weighted by Gasteiger charge is 2.08. The fourth-order valence-electron chi connectivity index (χ4n) is 2.52. The third-order valence-electron chi connectivity index (χ3n) is 3.93. The van der Waals surface area contributed by atoms with Crippen LogP contribution in [0.15, 0.2) is 58.5 Å². The van der Waals surface area contributed by atoms with Crippen LogP contribution in [0.2, 0.25) is 0 Å². The predicted octanol–water partition coefficient (Wildman–Crippen LogP) is 3.68. The molecule has 2 aromatic carbocycles. The fourth-order valence-corrected chi connectivity index (χ4v) is 3.12. The standard InChI is InChI=1S/C21H20N4O2S/c1-14-8-10-17(15(2)12-14)22-19(26)13-28-21-23-20(27)18(24-25-21)11-9-16-6-4-3-5-7-16/h3-12H,13H2,1-2H3,(H,22,26)(H,23,25,27)/b11-9+. The number of anilines is 1. The normalized spacial score (nSPS) is 10.9. The Morgan fingerprint density at radius 2 is 1.89 bits per heavy atom. The molecule has 1 amide bonds. The maximum absolute atomic E-state index is 12.2. The molecule has 3 aromatic rings. The van der Waals surface area contributed by atoms with Crippen LogP contribution in [0.25, 0.3) is 12.2 Å². The average Bonchev–Trinajstić information content (AvgIpc) is 2.68. The van der Waals surface area contributed by atoms with Gasteiger partial charge in [-0.2, -0.15) is 0 Å². The molecule has 0 fully saturated rings. The van der Waals surface area contributed by atoms with Crippen molar-refractivity contribution in [1.82, 2.24) is 15.2 Å². The van der Waals surface area contributed by atoms with Gasteiger partial charge in [0.1, 0.15) is 0 Å². The molecule has 1 aromatic heterocycles. The van der Waals surface area contributed by atoms with Gasteiger partial charge in [-0.1, -0.05) is 65.9 Å². The van der Waals surface area contributed by atoms with Gasteiger partial charge in [0, 0.05) is 5.69 Å². The maximum Gasteiger partial charge on any atom is 0.277 e. The Kier molecular flexibility index (Phi) is 6.39. The Balaban J connectivity index is 1.59. The van der Waals surface area contributed by atoms with E-state index in [9.17, 15) is 9.59 Å². The van der Waals surface area contributed by atoms with Crippen molar-refractivity contribution < 1.29 is 4.79 Å². The molecule has 3 rings (SSSR count). The molecule has 0 aliphatic rings. The third-order valence-corrected chi connectivity index (χ3v) is 4.79. The van der Waals surface area contributed by atoms with Crippen molar-refractivity contribution in [3.63, 3.8) is 0 Å². The summed E-state index contributed by atoms with van der Waals surface area (Å²) in [5.41, 5.74) is 3.75. The van der Waals surface area contributed by atoms with Crippen LogP contribution < -0.4 is 10.9 Å². The summed E-state index contributed by atoms with van der Waals surface area (Å²) in [4.78, 5) is 27.0. The SMILES string of the molecule is Cc1ccc(NC(=O)CSc2nnc(/C=C/c3ccccc3)c(=O)[nH]2)c(C)c1. The molecule has 1 heterocycles. The summed E-state index contributed by atoms with van der Waals surface area (Å²) in [5.74, 6) is -0.0513. The number of carbonyl (C=O) groups excluding carboxylic acids is 1. The number of amides is 1. The molecule has 6 nitrogen and oxygen atoms in total. The van der Waals surface area contributed by atoms with Gasteiger partial charge in [0.2, 0.25) is 5.91 Å². The molecule has 0 unspecified atom stereocenters. The Morgan fingerprint density at radius 3 is 2.61 bits per heavy atom. The molecular formula is C21H20N4O2S. The second-order valence-electron chi connectivity index (χ2n) is 6.24. The van der Waals surface area contributed by atoms with Crippen LogP contribution in [-0.2, 0) is 4.79 Å². The van der Waals surface area contributed by atoms with Gasteiger partial charge in [-0.05, 0) is 37.1 Å². The number of hydrogen-bond donors (Lipinski definition) is 2. The van der Waals surface area contributed by atoms with E-state index < -0.39 is 0 Å². The van der Waals surface area contributed by atoms with Gasteiger partial charge < -0.3 is 5.32 Å². The summed E-state index contributed by atoms with van der Waals surface area (Å²) < 4.78 is 0. The molecule has 0 radical (unpaired) electrons. The van der Waals surface area contributed by atoms with Gasteiger partial charge in [-0.25, -0.2) is 0 Å². The number of aryl methyl sites for hydroxylation is 2. The van der Waals surface area contributed by atoms with E-state index in [2.05, 4.69) is 20.5 Å².